The van der Waals surface area contributed by atoms with Gasteiger partial charge >= 0.3 is 6.03 Å². The van der Waals surface area contributed by atoms with Crippen molar-refractivity contribution in [1.82, 2.24) is 15.2 Å². The van der Waals surface area contributed by atoms with Crippen molar-refractivity contribution in [2.75, 3.05) is 11.9 Å². The van der Waals surface area contributed by atoms with E-state index in [1.165, 1.54) is 11.0 Å². The normalized spacial score (nSPS) is 17.3. The molecule has 0 spiro atoms. The van der Waals surface area contributed by atoms with Crippen LogP contribution in [0.4, 0.5) is 19.3 Å². The largest absolute Gasteiger partial charge is 0.348 e. The van der Waals surface area contributed by atoms with E-state index in [4.69, 9.17) is 0 Å². The SMILES string of the molecule is C[C@H](NC(=O)CN1C(=O)Nc2cccnc2[C@@H]1C)c1ccc(F)cc1F. The highest BCUT2D eigenvalue weighted by molar-refractivity contribution is 5.95. The Balaban J connectivity index is 1.69. The Bertz CT molecular complexity index is 859. The Morgan fingerprint density at radius 3 is 2.88 bits per heavy atom. The van der Waals surface area contributed by atoms with Crippen LogP contribution in [0, 0.1) is 11.6 Å². The maximum atomic E-state index is 13.8. The van der Waals surface area contributed by atoms with Crippen LogP contribution in [0.5, 0.6) is 0 Å². The average Bonchev–Trinajstić information content (AvgIpc) is 2.58. The molecule has 2 N–H and O–H groups in total. The number of hydrogen-bond acceptors (Lipinski definition) is 3. The summed E-state index contributed by atoms with van der Waals surface area (Å²) < 4.78 is 26.8. The highest BCUT2D eigenvalue weighted by Gasteiger charge is 2.31. The van der Waals surface area contributed by atoms with Crippen molar-refractivity contribution in [3.63, 3.8) is 0 Å². The fourth-order valence-electron chi connectivity index (χ4n) is 2.95. The minimum absolute atomic E-state index is 0.169. The number of carbonyl (C=O) groups is 2. The first-order valence-electron chi connectivity index (χ1n) is 8.13. The Kier molecular flexibility index (Phi) is 4.83. The van der Waals surface area contributed by atoms with Gasteiger partial charge in [0.15, 0.2) is 0 Å². The van der Waals surface area contributed by atoms with Gasteiger partial charge in [-0.25, -0.2) is 13.6 Å². The molecule has 1 aromatic carbocycles. The molecule has 0 radical (unpaired) electrons. The van der Waals surface area contributed by atoms with Crippen molar-refractivity contribution in [1.29, 1.82) is 0 Å². The fourth-order valence-corrected chi connectivity index (χ4v) is 2.95. The topological polar surface area (TPSA) is 74.3 Å². The Morgan fingerprint density at radius 1 is 1.38 bits per heavy atom. The van der Waals surface area contributed by atoms with E-state index in [2.05, 4.69) is 15.6 Å². The lowest BCUT2D eigenvalue weighted by Gasteiger charge is -2.34. The van der Waals surface area contributed by atoms with Crippen molar-refractivity contribution in [2.24, 2.45) is 0 Å². The van der Waals surface area contributed by atoms with E-state index in [9.17, 15) is 18.4 Å². The zero-order chi connectivity index (χ0) is 18.8. The smallest absolute Gasteiger partial charge is 0.322 e. The molecule has 6 nitrogen and oxygen atoms in total. The van der Waals surface area contributed by atoms with Crippen LogP contribution >= 0.6 is 0 Å². The van der Waals surface area contributed by atoms with Gasteiger partial charge in [-0.15, -0.1) is 0 Å². The van der Waals surface area contributed by atoms with Crippen LogP contribution in [-0.4, -0.2) is 28.4 Å². The summed E-state index contributed by atoms with van der Waals surface area (Å²) in [6, 6.07) is 5.17. The summed E-state index contributed by atoms with van der Waals surface area (Å²) in [5.74, 6) is -1.88. The second-order valence-electron chi connectivity index (χ2n) is 6.13. The third-order valence-electron chi connectivity index (χ3n) is 4.32. The highest BCUT2D eigenvalue weighted by Crippen LogP contribution is 2.30. The molecule has 0 aliphatic carbocycles. The number of hydrogen-bond donors (Lipinski definition) is 2. The molecule has 1 aliphatic rings. The van der Waals surface area contributed by atoms with Crippen LogP contribution in [0.3, 0.4) is 0 Å². The van der Waals surface area contributed by atoms with E-state index in [0.29, 0.717) is 11.4 Å². The monoisotopic (exact) mass is 360 g/mol. The van der Waals surface area contributed by atoms with Gasteiger partial charge in [-0.05, 0) is 32.0 Å². The molecule has 0 unspecified atom stereocenters. The zero-order valence-corrected chi connectivity index (χ0v) is 14.3. The first-order chi connectivity index (χ1) is 12.4. The Labute approximate surface area is 149 Å². The molecule has 1 aromatic heterocycles. The summed E-state index contributed by atoms with van der Waals surface area (Å²) in [5, 5.41) is 5.31. The third kappa shape index (κ3) is 3.49. The summed E-state index contributed by atoms with van der Waals surface area (Å²) in [6.07, 6.45) is 1.62. The Hall–Kier alpha value is -3.03. The number of carbonyl (C=O) groups excluding carboxylic acids is 2. The second kappa shape index (κ2) is 7.07. The molecule has 0 saturated carbocycles. The lowest BCUT2D eigenvalue weighted by atomic mass is 10.1. The van der Waals surface area contributed by atoms with Gasteiger partial charge < -0.3 is 15.5 Å². The van der Waals surface area contributed by atoms with Gasteiger partial charge in [0, 0.05) is 17.8 Å². The first-order valence-corrected chi connectivity index (χ1v) is 8.13. The van der Waals surface area contributed by atoms with Crippen LogP contribution in [-0.2, 0) is 4.79 Å². The number of anilines is 1. The van der Waals surface area contributed by atoms with E-state index in [1.54, 1.807) is 32.2 Å². The number of benzene rings is 1. The van der Waals surface area contributed by atoms with Crippen LogP contribution in [0.25, 0.3) is 0 Å². The molecular formula is C18H18F2N4O2. The number of aromatic nitrogens is 1. The van der Waals surface area contributed by atoms with E-state index < -0.39 is 29.6 Å². The van der Waals surface area contributed by atoms with E-state index in [-0.39, 0.29) is 18.2 Å². The van der Waals surface area contributed by atoms with Gasteiger partial charge in [0.25, 0.3) is 0 Å². The number of urea groups is 1. The highest BCUT2D eigenvalue weighted by atomic mass is 19.1. The third-order valence-corrected chi connectivity index (χ3v) is 4.32. The van der Waals surface area contributed by atoms with Crippen molar-refractivity contribution in [3.8, 4) is 0 Å². The molecule has 3 amide bonds. The van der Waals surface area contributed by atoms with Crippen molar-refractivity contribution >= 4 is 17.6 Å². The van der Waals surface area contributed by atoms with Crippen LogP contribution < -0.4 is 10.6 Å². The second-order valence-corrected chi connectivity index (χ2v) is 6.13. The number of fused-ring (bicyclic) bond motifs is 1. The molecule has 3 rings (SSSR count). The van der Waals surface area contributed by atoms with Gasteiger partial charge in [-0.1, -0.05) is 6.07 Å². The fraction of sp³-hybridized carbons (Fsp3) is 0.278. The van der Waals surface area contributed by atoms with Gasteiger partial charge in [0.1, 0.15) is 18.2 Å². The number of pyridine rings is 1. The van der Waals surface area contributed by atoms with Crippen LogP contribution in [0.15, 0.2) is 36.5 Å². The zero-order valence-electron chi connectivity index (χ0n) is 14.3. The predicted molar refractivity (Wildman–Crippen MR) is 91.3 cm³/mol. The molecule has 1 aliphatic heterocycles. The van der Waals surface area contributed by atoms with E-state index in [1.807, 2.05) is 0 Å². The number of nitrogens with zero attached hydrogens (tertiary/aromatic N) is 2. The van der Waals surface area contributed by atoms with Crippen LogP contribution in [0.2, 0.25) is 0 Å². The lowest BCUT2D eigenvalue weighted by Crippen LogP contribution is -2.47. The first kappa shape index (κ1) is 17.8. The van der Waals surface area contributed by atoms with E-state index >= 15 is 0 Å². The lowest BCUT2D eigenvalue weighted by molar-refractivity contribution is -0.122. The van der Waals surface area contributed by atoms with Gasteiger partial charge in [-0.2, -0.15) is 0 Å². The van der Waals surface area contributed by atoms with Gasteiger partial charge in [-0.3, -0.25) is 9.78 Å². The molecule has 26 heavy (non-hydrogen) atoms. The summed E-state index contributed by atoms with van der Waals surface area (Å²) in [7, 11) is 0. The molecule has 0 bridgehead atoms. The quantitative estimate of drug-likeness (QED) is 0.880. The number of rotatable bonds is 4. The maximum absolute atomic E-state index is 13.8. The molecule has 0 fully saturated rings. The van der Waals surface area contributed by atoms with Gasteiger partial charge in [0.2, 0.25) is 5.91 Å². The minimum atomic E-state index is -0.736. The summed E-state index contributed by atoms with van der Waals surface area (Å²) in [6.45, 7) is 3.15. The minimum Gasteiger partial charge on any atom is -0.348 e. The average molecular weight is 360 g/mol. The molecular weight excluding hydrogens is 342 g/mol. The van der Waals surface area contributed by atoms with Crippen molar-refractivity contribution < 1.29 is 18.4 Å². The van der Waals surface area contributed by atoms with Gasteiger partial charge in [0.05, 0.1) is 23.5 Å². The van der Waals surface area contributed by atoms with E-state index in [0.717, 1.165) is 12.1 Å². The molecule has 2 aromatic rings. The summed E-state index contributed by atoms with van der Waals surface area (Å²) in [5.41, 5.74) is 1.45. The molecule has 2 heterocycles. The molecule has 0 saturated heterocycles. The standard InChI is InChI=1S/C18H18F2N4O2/c1-10(13-6-5-12(19)8-14(13)20)22-16(25)9-24-11(2)17-15(23-18(24)26)4-3-7-21-17/h3-8,10-11H,9H2,1-2H3,(H,22,25)(H,23,26)/t10-,11-/m0/s1. The van der Waals surface area contributed by atoms with Crippen molar-refractivity contribution in [3.05, 3.63) is 59.4 Å². The summed E-state index contributed by atoms with van der Waals surface area (Å²) in [4.78, 5) is 30.2. The number of nitrogens with one attached hydrogen (secondary N) is 2. The molecule has 8 heteroatoms. The molecule has 136 valence electrons. The number of amides is 3. The summed E-state index contributed by atoms with van der Waals surface area (Å²) >= 11 is 0. The molecule has 2 atom stereocenters. The van der Waals surface area contributed by atoms with Crippen molar-refractivity contribution in [2.45, 2.75) is 25.9 Å². The van der Waals surface area contributed by atoms with Crippen LogP contribution in [0.1, 0.15) is 37.2 Å². The predicted octanol–water partition coefficient (Wildman–Crippen LogP) is 3.15. The number of halogens is 2. The maximum Gasteiger partial charge on any atom is 0.322 e. The Morgan fingerprint density at radius 2 is 2.15 bits per heavy atom.